The summed E-state index contributed by atoms with van der Waals surface area (Å²) in [5.41, 5.74) is 3.10. The van der Waals surface area contributed by atoms with Gasteiger partial charge in [-0.05, 0) is 19.9 Å². The summed E-state index contributed by atoms with van der Waals surface area (Å²) in [6.45, 7) is 5.04. The smallest absolute Gasteiger partial charge is 0.0659 e. The Morgan fingerprint density at radius 1 is 1.56 bits per heavy atom. The molecule has 2 heteroatoms. The summed E-state index contributed by atoms with van der Waals surface area (Å²) in [5, 5.41) is 6.28. The number of hydrogen-bond acceptors (Lipinski definition) is 2. The van der Waals surface area contributed by atoms with Crippen LogP contribution in [0.2, 0.25) is 0 Å². The van der Waals surface area contributed by atoms with Crippen LogP contribution in [0, 0.1) is 0 Å². The largest absolute Gasteiger partial charge is 0.372 e. The quantitative estimate of drug-likeness (QED) is 0.462. The summed E-state index contributed by atoms with van der Waals surface area (Å²) in [7, 11) is 0. The van der Waals surface area contributed by atoms with Crippen LogP contribution < -0.4 is 10.6 Å². The molecule has 0 saturated carbocycles. The molecule has 0 amide bonds. The van der Waals surface area contributed by atoms with Gasteiger partial charge in [0.1, 0.15) is 0 Å². The molecule has 1 aliphatic rings. The summed E-state index contributed by atoms with van der Waals surface area (Å²) in [6.07, 6.45) is 3.83. The topological polar surface area (TPSA) is 24.1 Å². The third-order valence-corrected chi connectivity index (χ3v) is 1.28. The highest BCUT2D eigenvalue weighted by molar-refractivity contribution is 5.02. The Hall–Kier alpha value is -0.720. The van der Waals surface area contributed by atoms with E-state index in [4.69, 9.17) is 0 Å². The Bertz CT molecular complexity index is 152. The van der Waals surface area contributed by atoms with E-state index in [1.165, 1.54) is 0 Å². The fourth-order valence-electron chi connectivity index (χ4n) is 0.690. The predicted octanol–water partition coefficient (Wildman–Crippen LogP) is 0.584. The van der Waals surface area contributed by atoms with Crippen LogP contribution in [0.25, 0.3) is 0 Å². The maximum atomic E-state index is 3.26. The van der Waals surface area contributed by atoms with Gasteiger partial charge < -0.3 is 5.32 Å². The lowest BCUT2D eigenvalue weighted by molar-refractivity contribution is 0.471. The Balaban J connectivity index is 2.67. The lowest BCUT2D eigenvalue weighted by Crippen LogP contribution is -2.40. The van der Waals surface area contributed by atoms with Crippen molar-refractivity contribution in [2.75, 3.05) is 6.67 Å². The second-order valence-electron chi connectivity index (χ2n) is 2.73. The SMILES string of the molecule is CC1(C)C=C=CNCN1. The molecule has 0 atom stereocenters. The predicted molar refractivity (Wildman–Crippen MR) is 37.9 cm³/mol. The maximum Gasteiger partial charge on any atom is 0.0659 e. The average Bonchev–Trinajstić information content (AvgIpc) is 1.92. The van der Waals surface area contributed by atoms with Gasteiger partial charge in [0, 0.05) is 11.7 Å². The van der Waals surface area contributed by atoms with Crippen molar-refractivity contribution >= 4 is 0 Å². The minimum atomic E-state index is 0.0833. The van der Waals surface area contributed by atoms with Gasteiger partial charge in [0.25, 0.3) is 0 Å². The zero-order chi connectivity index (χ0) is 6.74. The summed E-state index contributed by atoms with van der Waals surface area (Å²) < 4.78 is 0. The van der Waals surface area contributed by atoms with E-state index < -0.39 is 0 Å². The Morgan fingerprint density at radius 2 is 2.33 bits per heavy atom. The van der Waals surface area contributed by atoms with Crippen molar-refractivity contribution in [3.05, 3.63) is 18.0 Å². The first-order chi connectivity index (χ1) is 4.21. The summed E-state index contributed by atoms with van der Waals surface area (Å²) >= 11 is 0. The molecule has 1 rings (SSSR count). The van der Waals surface area contributed by atoms with Crippen molar-refractivity contribution < 1.29 is 0 Å². The van der Waals surface area contributed by atoms with Gasteiger partial charge in [-0.25, -0.2) is 0 Å². The molecule has 50 valence electrons. The Morgan fingerprint density at radius 3 is 3.11 bits per heavy atom. The molecule has 0 saturated heterocycles. The first-order valence-electron chi connectivity index (χ1n) is 3.11. The standard InChI is InChI=1S/C7H12N2/c1-7(2)4-3-5-8-6-9-7/h4-5,8-9H,6H2,1-2H3. The third kappa shape index (κ3) is 1.92. The molecule has 0 aromatic rings. The Labute approximate surface area is 55.6 Å². The van der Waals surface area contributed by atoms with Crippen LogP contribution in [-0.4, -0.2) is 12.2 Å². The molecule has 0 fully saturated rings. The van der Waals surface area contributed by atoms with Gasteiger partial charge in [0.2, 0.25) is 0 Å². The number of hydrogen-bond donors (Lipinski definition) is 2. The molecule has 1 heterocycles. The number of rotatable bonds is 0. The van der Waals surface area contributed by atoms with Crippen LogP contribution in [0.4, 0.5) is 0 Å². The normalized spacial score (nSPS) is 22.9. The molecule has 0 radical (unpaired) electrons. The van der Waals surface area contributed by atoms with E-state index in [9.17, 15) is 0 Å². The van der Waals surface area contributed by atoms with Crippen molar-refractivity contribution in [3.8, 4) is 0 Å². The molecule has 0 aromatic heterocycles. The fourth-order valence-corrected chi connectivity index (χ4v) is 0.690. The molecular weight excluding hydrogens is 112 g/mol. The summed E-state index contributed by atoms with van der Waals surface area (Å²) in [5.74, 6) is 0. The van der Waals surface area contributed by atoms with Crippen LogP contribution >= 0.6 is 0 Å². The highest BCUT2D eigenvalue weighted by Gasteiger charge is 2.11. The van der Waals surface area contributed by atoms with E-state index in [1.54, 1.807) is 0 Å². The zero-order valence-electron chi connectivity index (χ0n) is 5.86. The molecule has 0 unspecified atom stereocenters. The maximum absolute atomic E-state index is 3.26. The summed E-state index contributed by atoms with van der Waals surface area (Å²) in [6, 6.07) is 0. The van der Waals surface area contributed by atoms with Crippen LogP contribution in [-0.2, 0) is 0 Å². The van der Waals surface area contributed by atoms with Gasteiger partial charge in [-0.3, -0.25) is 5.32 Å². The average molecular weight is 124 g/mol. The zero-order valence-corrected chi connectivity index (χ0v) is 5.86. The Kier molecular flexibility index (Phi) is 1.60. The van der Waals surface area contributed by atoms with E-state index in [0.717, 1.165) is 6.67 Å². The lowest BCUT2D eigenvalue weighted by atomic mass is 10.1. The van der Waals surface area contributed by atoms with Gasteiger partial charge in [0.05, 0.1) is 6.67 Å². The van der Waals surface area contributed by atoms with Crippen molar-refractivity contribution in [2.24, 2.45) is 0 Å². The second kappa shape index (κ2) is 2.26. The number of nitrogens with one attached hydrogen (secondary N) is 2. The molecule has 0 aromatic carbocycles. The van der Waals surface area contributed by atoms with Gasteiger partial charge in [-0.15, -0.1) is 5.73 Å². The first kappa shape index (κ1) is 6.40. The van der Waals surface area contributed by atoms with Crippen molar-refractivity contribution in [3.63, 3.8) is 0 Å². The third-order valence-electron chi connectivity index (χ3n) is 1.28. The molecule has 1 aliphatic heterocycles. The summed E-state index contributed by atoms with van der Waals surface area (Å²) in [4.78, 5) is 0. The van der Waals surface area contributed by atoms with E-state index >= 15 is 0 Å². The van der Waals surface area contributed by atoms with Gasteiger partial charge >= 0.3 is 0 Å². The molecule has 0 aliphatic carbocycles. The van der Waals surface area contributed by atoms with Crippen LogP contribution in [0.1, 0.15) is 13.8 Å². The van der Waals surface area contributed by atoms with E-state index in [1.807, 2.05) is 12.3 Å². The molecule has 2 N–H and O–H groups in total. The van der Waals surface area contributed by atoms with Crippen molar-refractivity contribution in [1.29, 1.82) is 0 Å². The van der Waals surface area contributed by atoms with Crippen molar-refractivity contribution in [1.82, 2.24) is 10.6 Å². The van der Waals surface area contributed by atoms with Crippen LogP contribution in [0.3, 0.4) is 0 Å². The first-order valence-corrected chi connectivity index (χ1v) is 3.11. The van der Waals surface area contributed by atoms with E-state index in [-0.39, 0.29) is 5.54 Å². The minimum absolute atomic E-state index is 0.0833. The minimum Gasteiger partial charge on any atom is -0.372 e. The van der Waals surface area contributed by atoms with Gasteiger partial charge in [-0.1, -0.05) is 0 Å². The van der Waals surface area contributed by atoms with Crippen LogP contribution in [0.15, 0.2) is 18.0 Å². The molecular formula is C7H12N2. The van der Waals surface area contributed by atoms with Crippen LogP contribution in [0.5, 0.6) is 0 Å². The molecule has 0 spiro atoms. The molecule has 0 bridgehead atoms. The highest BCUT2D eigenvalue weighted by Crippen LogP contribution is 2.02. The lowest BCUT2D eigenvalue weighted by Gasteiger charge is -2.19. The van der Waals surface area contributed by atoms with E-state index in [2.05, 4.69) is 30.2 Å². The molecule has 2 nitrogen and oxygen atoms in total. The molecule has 9 heavy (non-hydrogen) atoms. The van der Waals surface area contributed by atoms with Gasteiger partial charge in [0.15, 0.2) is 0 Å². The highest BCUT2D eigenvalue weighted by atomic mass is 15.1. The monoisotopic (exact) mass is 124 g/mol. The van der Waals surface area contributed by atoms with E-state index in [0.29, 0.717) is 0 Å². The fraction of sp³-hybridized carbons (Fsp3) is 0.571. The van der Waals surface area contributed by atoms with Gasteiger partial charge in [-0.2, -0.15) is 0 Å². The van der Waals surface area contributed by atoms with Crippen molar-refractivity contribution in [2.45, 2.75) is 19.4 Å². The second-order valence-corrected chi connectivity index (χ2v) is 2.73.